The molecular formula is C24H30FN7O. The van der Waals surface area contributed by atoms with Gasteiger partial charge in [0.1, 0.15) is 5.52 Å². The fraction of sp³-hybridized carbons (Fsp3) is 0.375. The van der Waals surface area contributed by atoms with Crippen molar-refractivity contribution in [2.45, 2.75) is 27.2 Å². The fourth-order valence-corrected chi connectivity index (χ4v) is 4.02. The van der Waals surface area contributed by atoms with Crippen molar-refractivity contribution in [3.8, 4) is 0 Å². The maximum absolute atomic E-state index is 14.4. The van der Waals surface area contributed by atoms with Crippen LogP contribution in [0.25, 0.3) is 16.6 Å². The first-order valence-electron chi connectivity index (χ1n) is 11.3. The molecule has 0 atom stereocenters. The number of halogens is 1. The molecule has 1 fully saturated rings. The van der Waals surface area contributed by atoms with Crippen molar-refractivity contribution in [3.63, 3.8) is 0 Å². The molecule has 1 aliphatic heterocycles. The standard InChI is InChI=1S/C21H22FN7O.C3H8/c1-13-10-29-11-14(9-17(22)20(29)24-13)25-21(30)15-3-4-18(28-7-5-23-6-8-28)16-12-27(2)26-19(15)16;1-3-2/h3-4,9-12,23H,5-8H2,1-2H3,(H,25,30);3H2,1-2H3. The van der Waals surface area contributed by atoms with Gasteiger partial charge in [-0.3, -0.25) is 9.48 Å². The van der Waals surface area contributed by atoms with Gasteiger partial charge < -0.3 is 19.9 Å². The number of anilines is 2. The summed E-state index contributed by atoms with van der Waals surface area (Å²) in [6, 6.07) is 5.04. The quantitative estimate of drug-likeness (QED) is 0.496. The predicted molar refractivity (Wildman–Crippen MR) is 130 cm³/mol. The number of carbonyl (C=O) groups is 1. The molecular weight excluding hydrogens is 421 g/mol. The van der Waals surface area contributed by atoms with E-state index < -0.39 is 5.82 Å². The fourth-order valence-electron chi connectivity index (χ4n) is 4.02. The highest BCUT2D eigenvalue weighted by molar-refractivity contribution is 6.13. The van der Waals surface area contributed by atoms with Crippen LogP contribution in [0.2, 0.25) is 0 Å². The van der Waals surface area contributed by atoms with Gasteiger partial charge in [0.05, 0.1) is 16.9 Å². The number of imidazole rings is 1. The maximum atomic E-state index is 14.4. The number of aromatic nitrogens is 4. The van der Waals surface area contributed by atoms with Crippen molar-refractivity contribution < 1.29 is 9.18 Å². The monoisotopic (exact) mass is 451 g/mol. The van der Waals surface area contributed by atoms with Gasteiger partial charge in [-0.25, -0.2) is 9.37 Å². The lowest BCUT2D eigenvalue weighted by molar-refractivity contribution is 0.102. The zero-order valence-electron chi connectivity index (χ0n) is 19.5. The van der Waals surface area contributed by atoms with Gasteiger partial charge in [0, 0.05) is 69.0 Å². The summed E-state index contributed by atoms with van der Waals surface area (Å²) in [4.78, 5) is 19.5. The molecule has 1 amide bonds. The molecule has 4 aromatic rings. The molecule has 4 heterocycles. The van der Waals surface area contributed by atoms with Gasteiger partial charge in [0.2, 0.25) is 0 Å². The van der Waals surface area contributed by atoms with Crippen molar-refractivity contribution in [1.29, 1.82) is 0 Å². The van der Waals surface area contributed by atoms with E-state index in [0.717, 1.165) is 37.3 Å². The Morgan fingerprint density at radius 3 is 2.64 bits per heavy atom. The van der Waals surface area contributed by atoms with Crippen molar-refractivity contribution in [2.24, 2.45) is 7.05 Å². The molecule has 0 bridgehead atoms. The zero-order valence-corrected chi connectivity index (χ0v) is 19.5. The van der Waals surface area contributed by atoms with Gasteiger partial charge in [0.25, 0.3) is 5.91 Å². The van der Waals surface area contributed by atoms with Crippen LogP contribution in [0.4, 0.5) is 15.8 Å². The third-order valence-electron chi connectivity index (χ3n) is 5.35. The SMILES string of the molecule is CCC.Cc1cn2cc(NC(=O)c3ccc(N4CCNCC4)c4cn(C)nc34)cc(F)c2n1. The van der Waals surface area contributed by atoms with Crippen molar-refractivity contribution >= 4 is 33.8 Å². The number of nitrogens with one attached hydrogen (secondary N) is 2. The first-order chi connectivity index (χ1) is 15.9. The zero-order chi connectivity index (χ0) is 23.5. The molecule has 0 radical (unpaired) electrons. The van der Waals surface area contributed by atoms with Gasteiger partial charge >= 0.3 is 0 Å². The Morgan fingerprint density at radius 1 is 1.18 bits per heavy atom. The second kappa shape index (κ2) is 9.58. The first kappa shape index (κ1) is 22.7. The lowest BCUT2D eigenvalue weighted by Crippen LogP contribution is -2.43. The number of benzene rings is 1. The minimum absolute atomic E-state index is 0.234. The van der Waals surface area contributed by atoms with E-state index in [-0.39, 0.29) is 11.6 Å². The van der Waals surface area contributed by atoms with E-state index in [1.807, 2.05) is 19.3 Å². The highest BCUT2D eigenvalue weighted by Crippen LogP contribution is 2.29. The number of pyridine rings is 1. The molecule has 1 saturated heterocycles. The summed E-state index contributed by atoms with van der Waals surface area (Å²) in [6.07, 6.45) is 6.55. The van der Waals surface area contributed by atoms with E-state index >= 15 is 0 Å². The van der Waals surface area contributed by atoms with E-state index in [4.69, 9.17) is 0 Å². The minimum Gasteiger partial charge on any atom is -0.368 e. The summed E-state index contributed by atoms with van der Waals surface area (Å²) in [6.45, 7) is 9.69. The molecule has 8 nitrogen and oxygen atoms in total. The summed E-state index contributed by atoms with van der Waals surface area (Å²) >= 11 is 0. The third kappa shape index (κ3) is 4.68. The molecule has 1 aromatic carbocycles. The van der Waals surface area contributed by atoms with Crippen LogP contribution < -0.4 is 15.5 Å². The molecule has 174 valence electrons. The molecule has 5 rings (SSSR count). The van der Waals surface area contributed by atoms with Crippen molar-refractivity contribution in [2.75, 3.05) is 36.4 Å². The van der Waals surface area contributed by atoms with Crippen LogP contribution in [-0.2, 0) is 7.05 Å². The number of nitrogens with zero attached hydrogens (tertiary/aromatic N) is 5. The number of amides is 1. The second-order valence-corrected chi connectivity index (χ2v) is 8.29. The maximum Gasteiger partial charge on any atom is 0.257 e. The largest absolute Gasteiger partial charge is 0.368 e. The van der Waals surface area contributed by atoms with Gasteiger partial charge in [-0.1, -0.05) is 20.3 Å². The highest BCUT2D eigenvalue weighted by atomic mass is 19.1. The Labute approximate surface area is 192 Å². The van der Waals surface area contributed by atoms with E-state index in [0.29, 0.717) is 22.5 Å². The lowest BCUT2D eigenvalue weighted by Gasteiger charge is -2.30. The average molecular weight is 452 g/mol. The Hall–Kier alpha value is -3.46. The van der Waals surface area contributed by atoms with Crippen LogP contribution in [0.3, 0.4) is 0 Å². The van der Waals surface area contributed by atoms with Crippen molar-refractivity contribution in [1.82, 2.24) is 24.5 Å². The normalized spacial score (nSPS) is 13.8. The summed E-state index contributed by atoms with van der Waals surface area (Å²) in [7, 11) is 1.84. The summed E-state index contributed by atoms with van der Waals surface area (Å²) in [5.41, 5.74) is 3.45. The van der Waals surface area contributed by atoms with Gasteiger partial charge in [-0.2, -0.15) is 5.10 Å². The first-order valence-corrected chi connectivity index (χ1v) is 11.3. The molecule has 0 saturated carbocycles. The molecule has 3 aromatic heterocycles. The van der Waals surface area contributed by atoms with Crippen molar-refractivity contribution in [3.05, 3.63) is 53.9 Å². The molecule has 0 aliphatic carbocycles. The summed E-state index contributed by atoms with van der Waals surface area (Å²) < 4.78 is 17.7. The molecule has 9 heteroatoms. The van der Waals surface area contributed by atoms with Crippen LogP contribution in [0.15, 0.2) is 36.8 Å². The van der Waals surface area contributed by atoms with Crippen LogP contribution in [0.1, 0.15) is 36.3 Å². The number of piperazine rings is 1. The number of carbonyl (C=O) groups excluding carboxylic acids is 1. The average Bonchev–Trinajstić information content (AvgIpc) is 3.36. The summed E-state index contributed by atoms with van der Waals surface area (Å²) in [5.74, 6) is -0.820. The number of hydrogen-bond acceptors (Lipinski definition) is 5. The second-order valence-electron chi connectivity index (χ2n) is 8.29. The number of aryl methyl sites for hydroxylation is 2. The smallest absolute Gasteiger partial charge is 0.257 e. The molecule has 1 aliphatic rings. The Bertz CT molecular complexity index is 1290. The number of rotatable bonds is 3. The van der Waals surface area contributed by atoms with Gasteiger partial charge in [0.15, 0.2) is 11.5 Å². The Morgan fingerprint density at radius 2 is 1.91 bits per heavy atom. The van der Waals surface area contributed by atoms with E-state index in [1.165, 1.54) is 12.5 Å². The van der Waals surface area contributed by atoms with Crippen LogP contribution >= 0.6 is 0 Å². The van der Waals surface area contributed by atoms with Crippen LogP contribution in [0, 0.1) is 12.7 Å². The van der Waals surface area contributed by atoms with Gasteiger partial charge in [-0.05, 0) is 19.1 Å². The van der Waals surface area contributed by atoms with Crippen LogP contribution in [-0.4, -0.2) is 51.3 Å². The summed E-state index contributed by atoms with van der Waals surface area (Å²) in [5, 5.41) is 11.6. The van der Waals surface area contributed by atoms with E-state index in [2.05, 4.69) is 39.5 Å². The third-order valence-corrected chi connectivity index (χ3v) is 5.35. The van der Waals surface area contributed by atoms with E-state index in [9.17, 15) is 9.18 Å². The number of fused-ring (bicyclic) bond motifs is 2. The Balaban J connectivity index is 0.000000821. The van der Waals surface area contributed by atoms with Gasteiger partial charge in [-0.15, -0.1) is 0 Å². The highest BCUT2D eigenvalue weighted by Gasteiger charge is 2.20. The molecule has 0 spiro atoms. The van der Waals surface area contributed by atoms with E-state index in [1.54, 1.807) is 34.5 Å². The predicted octanol–water partition coefficient (Wildman–Crippen LogP) is 3.75. The Kier molecular flexibility index (Phi) is 6.60. The molecule has 0 unspecified atom stereocenters. The van der Waals surface area contributed by atoms with Crippen LogP contribution in [0.5, 0.6) is 0 Å². The molecule has 2 N–H and O–H groups in total. The minimum atomic E-state index is -0.488. The topological polar surface area (TPSA) is 79.5 Å². The molecule has 33 heavy (non-hydrogen) atoms. The lowest BCUT2D eigenvalue weighted by atomic mass is 10.1. The number of hydrogen-bond donors (Lipinski definition) is 2.